The second kappa shape index (κ2) is 5.85. The Balaban J connectivity index is 2.21. The third-order valence-electron chi connectivity index (χ3n) is 3.25. The van der Waals surface area contributed by atoms with Crippen LogP contribution in [0.25, 0.3) is 10.9 Å². The zero-order valence-electron chi connectivity index (χ0n) is 11.3. The summed E-state index contributed by atoms with van der Waals surface area (Å²) in [6.07, 6.45) is 4.40. The van der Waals surface area contributed by atoms with Crippen LogP contribution in [-0.2, 0) is 13.6 Å². The largest absolute Gasteiger partial charge is 0.302 e. The molecule has 2 rings (SSSR count). The van der Waals surface area contributed by atoms with Crippen LogP contribution in [-0.4, -0.2) is 28.3 Å². The third-order valence-corrected chi connectivity index (χ3v) is 3.99. The van der Waals surface area contributed by atoms with Crippen LogP contribution < -0.4 is 0 Å². The van der Waals surface area contributed by atoms with Gasteiger partial charge in [0.25, 0.3) is 0 Å². The molecule has 0 unspecified atom stereocenters. The normalized spacial score (nSPS) is 11.6. The highest BCUT2D eigenvalue weighted by Gasteiger charge is 2.08. The van der Waals surface area contributed by atoms with Crippen molar-refractivity contribution in [2.24, 2.45) is 7.05 Å². The predicted molar refractivity (Wildman–Crippen MR) is 79.7 cm³/mol. The number of hydrogen-bond donors (Lipinski definition) is 0. The first-order chi connectivity index (χ1) is 8.61. The summed E-state index contributed by atoms with van der Waals surface area (Å²) in [6.45, 7) is 4.35. The molecule has 0 spiro atoms. The molecule has 1 aromatic carbocycles. The molecule has 0 amide bonds. The van der Waals surface area contributed by atoms with Crippen LogP contribution in [0.15, 0.2) is 22.8 Å². The topological polar surface area (TPSA) is 21.1 Å². The number of aryl methyl sites for hydroxylation is 1. The quantitative estimate of drug-likeness (QED) is 0.842. The SMILES string of the molecule is CCCCN(C)Cc1cc2c(cnn2C)cc1Br. The Hall–Kier alpha value is -0.870. The van der Waals surface area contributed by atoms with Gasteiger partial charge in [0.05, 0.1) is 11.7 Å². The zero-order valence-corrected chi connectivity index (χ0v) is 12.9. The van der Waals surface area contributed by atoms with E-state index in [0.717, 1.165) is 13.1 Å². The van der Waals surface area contributed by atoms with E-state index in [-0.39, 0.29) is 0 Å². The molecule has 0 aliphatic heterocycles. The van der Waals surface area contributed by atoms with E-state index in [9.17, 15) is 0 Å². The maximum Gasteiger partial charge on any atom is 0.0683 e. The summed E-state index contributed by atoms with van der Waals surface area (Å²) in [7, 11) is 4.16. The lowest BCUT2D eigenvalue weighted by Crippen LogP contribution is -2.19. The Morgan fingerprint density at radius 2 is 2.17 bits per heavy atom. The number of fused-ring (bicyclic) bond motifs is 1. The van der Waals surface area contributed by atoms with Crippen molar-refractivity contribution in [1.82, 2.24) is 14.7 Å². The molecule has 18 heavy (non-hydrogen) atoms. The molecule has 0 radical (unpaired) electrons. The van der Waals surface area contributed by atoms with Gasteiger partial charge in [0.1, 0.15) is 0 Å². The molecule has 1 heterocycles. The van der Waals surface area contributed by atoms with Crippen LogP contribution in [0.2, 0.25) is 0 Å². The van der Waals surface area contributed by atoms with Crippen LogP contribution in [0.4, 0.5) is 0 Å². The Labute approximate surface area is 117 Å². The zero-order chi connectivity index (χ0) is 13.1. The van der Waals surface area contributed by atoms with Crippen LogP contribution >= 0.6 is 15.9 Å². The molecule has 0 saturated carbocycles. The summed E-state index contributed by atoms with van der Waals surface area (Å²) in [4.78, 5) is 2.37. The van der Waals surface area contributed by atoms with Gasteiger partial charge in [-0.3, -0.25) is 4.68 Å². The van der Waals surface area contributed by atoms with Gasteiger partial charge in [0, 0.05) is 23.5 Å². The predicted octanol–water partition coefficient (Wildman–Crippen LogP) is 3.57. The molecule has 3 nitrogen and oxygen atoms in total. The Kier molecular flexibility index (Phi) is 4.40. The van der Waals surface area contributed by atoms with Crippen molar-refractivity contribution >= 4 is 26.8 Å². The van der Waals surface area contributed by atoms with Crippen LogP contribution in [0.5, 0.6) is 0 Å². The monoisotopic (exact) mass is 309 g/mol. The van der Waals surface area contributed by atoms with Gasteiger partial charge in [-0.15, -0.1) is 0 Å². The van der Waals surface area contributed by atoms with Crippen molar-refractivity contribution in [2.45, 2.75) is 26.3 Å². The summed E-state index contributed by atoms with van der Waals surface area (Å²) < 4.78 is 3.10. The average molecular weight is 310 g/mol. The molecule has 0 aliphatic carbocycles. The van der Waals surface area contributed by atoms with E-state index in [0.29, 0.717) is 0 Å². The molecule has 0 fully saturated rings. The number of benzene rings is 1. The van der Waals surface area contributed by atoms with Gasteiger partial charge in [0.2, 0.25) is 0 Å². The van der Waals surface area contributed by atoms with E-state index in [1.807, 2.05) is 17.9 Å². The minimum Gasteiger partial charge on any atom is -0.302 e. The second-order valence-electron chi connectivity index (χ2n) is 4.86. The molecule has 1 aromatic heterocycles. The standard InChI is InChI=1S/C14H20BrN3/c1-4-5-6-17(2)10-12-8-14-11(7-13(12)15)9-16-18(14)3/h7-9H,4-6,10H2,1-3H3. The lowest BCUT2D eigenvalue weighted by Gasteiger charge is -2.17. The van der Waals surface area contributed by atoms with E-state index in [2.05, 4.69) is 52.0 Å². The number of halogens is 1. The molecule has 98 valence electrons. The fourth-order valence-corrected chi connectivity index (χ4v) is 2.62. The van der Waals surface area contributed by atoms with Crippen molar-refractivity contribution in [2.75, 3.05) is 13.6 Å². The number of nitrogens with zero attached hydrogens (tertiary/aromatic N) is 3. The van der Waals surface area contributed by atoms with E-state index in [4.69, 9.17) is 0 Å². The van der Waals surface area contributed by atoms with Crippen molar-refractivity contribution < 1.29 is 0 Å². The molecular formula is C14H20BrN3. The maximum atomic E-state index is 4.29. The first kappa shape index (κ1) is 13.6. The smallest absolute Gasteiger partial charge is 0.0683 e. The fourth-order valence-electron chi connectivity index (χ4n) is 2.13. The molecule has 2 aromatic rings. The van der Waals surface area contributed by atoms with Gasteiger partial charge in [-0.25, -0.2) is 0 Å². The van der Waals surface area contributed by atoms with Crippen molar-refractivity contribution in [1.29, 1.82) is 0 Å². The highest BCUT2D eigenvalue weighted by molar-refractivity contribution is 9.10. The summed E-state index contributed by atoms with van der Waals surface area (Å²) in [6, 6.07) is 4.39. The highest BCUT2D eigenvalue weighted by Crippen LogP contribution is 2.25. The van der Waals surface area contributed by atoms with Crippen LogP contribution in [0.1, 0.15) is 25.3 Å². The number of aromatic nitrogens is 2. The number of hydrogen-bond acceptors (Lipinski definition) is 2. The minimum atomic E-state index is 0.974. The van der Waals surface area contributed by atoms with E-state index < -0.39 is 0 Å². The lowest BCUT2D eigenvalue weighted by molar-refractivity contribution is 0.320. The Morgan fingerprint density at radius 1 is 1.39 bits per heavy atom. The van der Waals surface area contributed by atoms with Crippen molar-refractivity contribution in [3.63, 3.8) is 0 Å². The second-order valence-corrected chi connectivity index (χ2v) is 5.72. The summed E-state index contributed by atoms with van der Waals surface area (Å²) >= 11 is 3.66. The van der Waals surface area contributed by atoms with E-state index >= 15 is 0 Å². The fraction of sp³-hybridized carbons (Fsp3) is 0.500. The summed E-state index contributed by atoms with van der Waals surface area (Å²) in [5.74, 6) is 0. The first-order valence-electron chi connectivity index (χ1n) is 6.40. The van der Waals surface area contributed by atoms with Gasteiger partial charge in [-0.2, -0.15) is 5.10 Å². The third kappa shape index (κ3) is 2.93. The van der Waals surface area contributed by atoms with E-state index in [1.165, 1.54) is 33.8 Å². The molecule has 4 heteroatoms. The van der Waals surface area contributed by atoms with Gasteiger partial charge >= 0.3 is 0 Å². The van der Waals surface area contributed by atoms with E-state index in [1.54, 1.807) is 0 Å². The number of rotatable bonds is 5. The lowest BCUT2D eigenvalue weighted by atomic mass is 10.1. The van der Waals surface area contributed by atoms with Crippen molar-refractivity contribution in [3.05, 3.63) is 28.4 Å². The summed E-state index contributed by atoms with van der Waals surface area (Å²) in [5.41, 5.74) is 2.52. The minimum absolute atomic E-state index is 0.974. The molecule has 0 atom stereocenters. The summed E-state index contributed by atoms with van der Waals surface area (Å²) in [5, 5.41) is 5.47. The molecule has 0 aliphatic rings. The van der Waals surface area contributed by atoms with Gasteiger partial charge in [-0.05, 0) is 37.7 Å². The molecular weight excluding hydrogens is 290 g/mol. The van der Waals surface area contributed by atoms with Gasteiger partial charge < -0.3 is 4.90 Å². The Morgan fingerprint density at radius 3 is 2.89 bits per heavy atom. The van der Waals surface area contributed by atoms with Gasteiger partial charge in [-0.1, -0.05) is 29.3 Å². The first-order valence-corrected chi connectivity index (χ1v) is 7.19. The Bertz CT molecular complexity index is 533. The van der Waals surface area contributed by atoms with Crippen LogP contribution in [0, 0.1) is 0 Å². The maximum absolute atomic E-state index is 4.29. The van der Waals surface area contributed by atoms with Crippen molar-refractivity contribution in [3.8, 4) is 0 Å². The number of unbranched alkanes of at least 4 members (excludes halogenated alkanes) is 1. The molecule has 0 bridgehead atoms. The molecule has 0 N–H and O–H groups in total. The van der Waals surface area contributed by atoms with Crippen LogP contribution in [0.3, 0.4) is 0 Å². The van der Waals surface area contributed by atoms with Gasteiger partial charge in [0.15, 0.2) is 0 Å². The molecule has 0 saturated heterocycles. The average Bonchev–Trinajstić information content (AvgIpc) is 2.69. The highest BCUT2D eigenvalue weighted by atomic mass is 79.9.